The molecule has 2 heterocycles. The number of nitrogens with one attached hydrogen (secondary N) is 1. The molecule has 1 aromatic heterocycles. The third-order valence-electron chi connectivity index (χ3n) is 4.23. The lowest BCUT2D eigenvalue weighted by atomic mass is 10.1. The molecule has 130 valence electrons. The Hall–Kier alpha value is -2.42. The number of sulfonamides is 1. The van der Waals surface area contributed by atoms with Gasteiger partial charge in [0.2, 0.25) is 10.0 Å². The van der Waals surface area contributed by atoms with Crippen LogP contribution in [-0.2, 0) is 14.8 Å². The molecule has 3 aromatic rings. The summed E-state index contributed by atoms with van der Waals surface area (Å²) in [7, 11) is -3.71. The van der Waals surface area contributed by atoms with Crippen LogP contribution in [0.2, 0.25) is 0 Å². The number of oxazole rings is 1. The Kier molecular flexibility index (Phi) is 3.95. The van der Waals surface area contributed by atoms with Gasteiger partial charge < -0.3 is 9.15 Å². The van der Waals surface area contributed by atoms with Crippen molar-refractivity contribution >= 4 is 21.1 Å². The second kappa shape index (κ2) is 6.14. The fraction of sp³-hybridized carbons (Fsp3) is 0.235. The SMILES string of the molecule is O=c1[nH]c2ccc(S(=O)(=O)N3CCOC(c4ccccc4)C3)cc2o1. The van der Waals surface area contributed by atoms with E-state index in [-0.39, 0.29) is 29.7 Å². The van der Waals surface area contributed by atoms with Gasteiger partial charge in [-0.25, -0.2) is 13.2 Å². The first-order chi connectivity index (χ1) is 12.0. The Morgan fingerprint density at radius 1 is 1.12 bits per heavy atom. The van der Waals surface area contributed by atoms with E-state index < -0.39 is 15.8 Å². The molecular weight excluding hydrogens is 344 g/mol. The number of morpholine rings is 1. The third-order valence-corrected chi connectivity index (χ3v) is 6.09. The molecule has 1 saturated heterocycles. The summed E-state index contributed by atoms with van der Waals surface area (Å²) in [6.45, 7) is 0.836. The predicted octanol–water partition coefficient (Wildman–Crippen LogP) is 1.88. The van der Waals surface area contributed by atoms with Gasteiger partial charge in [-0.2, -0.15) is 4.31 Å². The minimum atomic E-state index is -3.71. The predicted molar refractivity (Wildman–Crippen MR) is 90.7 cm³/mol. The summed E-state index contributed by atoms with van der Waals surface area (Å²) >= 11 is 0. The number of nitrogens with zero attached hydrogens (tertiary/aromatic N) is 1. The van der Waals surface area contributed by atoms with Gasteiger partial charge in [-0.3, -0.25) is 4.98 Å². The highest BCUT2D eigenvalue weighted by Crippen LogP contribution is 2.27. The highest BCUT2D eigenvalue weighted by molar-refractivity contribution is 7.89. The molecule has 4 rings (SSSR count). The molecule has 8 heteroatoms. The van der Waals surface area contributed by atoms with Gasteiger partial charge in [0.15, 0.2) is 5.58 Å². The van der Waals surface area contributed by atoms with Gasteiger partial charge in [-0.05, 0) is 17.7 Å². The second-order valence-electron chi connectivity index (χ2n) is 5.81. The summed E-state index contributed by atoms with van der Waals surface area (Å²) in [5, 5.41) is 0. The standard InChI is InChI=1S/C17H16N2O5S/c20-17-18-14-7-6-13(10-15(14)24-17)25(21,22)19-8-9-23-16(11-19)12-4-2-1-3-5-12/h1-7,10,16H,8-9,11H2,(H,18,20). The van der Waals surface area contributed by atoms with E-state index in [4.69, 9.17) is 9.15 Å². The number of rotatable bonds is 3. The summed E-state index contributed by atoms with van der Waals surface area (Å²) in [5.74, 6) is -0.611. The molecule has 0 aliphatic carbocycles. The Bertz CT molecular complexity index is 1060. The van der Waals surface area contributed by atoms with Crippen LogP contribution in [0, 0.1) is 0 Å². The number of aromatic amines is 1. The minimum Gasteiger partial charge on any atom is -0.408 e. The van der Waals surface area contributed by atoms with Crippen LogP contribution in [0.1, 0.15) is 11.7 Å². The van der Waals surface area contributed by atoms with Gasteiger partial charge in [-0.15, -0.1) is 0 Å². The number of hydrogen-bond acceptors (Lipinski definition) is 5. The van der Waals surface area contributed by atoms with E-state index in [0.717, 1.165) is 5.56 Å². The minimum absolute atomic E-state index is 0.0939. The molecule has 1 aliphatic rings. The third kappa shape index (κ3) is 2.99. The van der Waals surface area contributed by atoms with Crippen molar-refractivity contribution in [2.75, 3.05) is 19.7 Å². The van der Waals surface area contributed by atoms with Crippen LogP contribution in [0.25, 0.3) is 11.1 Å². The molecule has 0 bridgehead atoms. The molecule has 1 unspecified atom stereocenters. The zero-order valence-corrected chi connectivity index (χ0v) is 14.0. The van der Waals surface area contributed by atoms with Gasteiger partial charge in [0, 0.05) is 19.2 Å². The Morgan fingerprint density at radius 3 is 2.72 bits per heavy atom. The van der Waals surface area contributed by atoms with E-state index in [0.29, 0.717) is 12.1 Å². The molecule has 0 saturated carbocycles. The van der Waals surface area contributed by atoms with Crippen molar-refractivity contribution in [3.63, 3.8) is 0 Å². The lowest BCUT2D eigenvalue weighted by Gasteiger charge is -2.32. The van der Waals surface area contributed by atoms with Crippen molar-refractivity contribution in [3.05, 3.63) is 64.6 Å². The van der Waals surface area contributed by atoms with E-state index in [2.05, 4.69) is 4.98 Å². The van der Waals surface area contributed by atoms with Gasteiger partial charge >= 0.3 is 5.76 Å². The zero-order valence-electron chi connectivity index (χ0n) is 13.2. The van der Waals surface area contributed by atoms with Crippen molar-refractivity contribution in [1.82, 2.24) is 9.29 Å². The van der Waals surface area contributed by atoms with Crippen molar-refractivity contribution in [1.29, 1.82) is 0 Å². The highest BCUT2D eigenvalue weighted by atomic mass is 32.2. The van der Waals surface area contributed by atoms with Crippen molar-refractivity contribution in [2.45, 2.75) is 11.0 Å². The number of benzene rings is 2. The van der Waals surface area contributed by atoms with Crippen LogP contribution < -0.4 is 5.76 Å². The maximum absolute atomic E-state index is 13.0. The molecular formula is C17H16N2O5S. The summed E-state index contributed by atoms with van der Waals surface area (Å²) in [5.41, 5.74) is 1.63. The number of ether oxygens (including phenoxy) is 1. The zero-order chi connectivity index (χ0) is 17.4. The van der Waals surface area contributed by atoms with E-state index in [1.54, 1.807) is 0 Å². The van der Waals surface area contributed by atoms with Gasteiger partial charge in [0.25, 0.3) is 0 Å². The van der Waals surface area contributed by atoms with Crippen LogP contribution in [0.4, 0.5) is 0 Å². The van der Waals surface area contributed by atoms with Crippen LogP contribution >= 0.6 is 0 Å². The lowest BCUT2D eigenvalue weighted by Crippen LogP contribution is -2.42. The Morgan fingerprint density at radius 2 is 1.92 bits per heavy atom. The van der Waals surface area contributed by atoms with E-state index >= 15 is 0 Å². The monoisotopic (exact) mass is 360 g/mol. The number of aromatic nitrogens is 1. The number of fused-ring (bicyclic) bond motifs is 1. The Labute approximate surface area is 143 Å². The van der Waals surface area contributed by atoms with E-state index in [1.807, 2.05) is 30.3 Å². The van der Waals surface area contributed by atoms with Crippen molar-refractivity contribution < 1.29 is 17.6 Å². The topological polar surface area (TPSA) is 92.6 Å². The number of hydrogen-bond donors (Lipinski definition) is 1. The maximum Gasteiger partial charge on any atom is 0.417 e. The molecule has 1 aliphatic heterocycles. The first kappa shape index (κ1) is 16.1. The molecule has 7 nitrogen and oxygen atoms in total. The summed E-state index contributed by atoms with van der Waals surface area (Å²) in [6, 6.07) is 13.9. The molecule has 0 spiro atoms. The van der Waals surface area contributed by atoms with Gasteiger partial charge in [-0.1, -0.05) is 30.3 Å². The summed E-state index contributed by atoms with van der Waals surface area (Å²) in [4.78, 5) is 13.8. The van der Waals surface area contributed by atoms with Gasteiger partial charge in [0.1, 0.15) is 0 Å². The second-order valence-corrected chi connectivity index (χ2v) is 7.74. The molecule has 0 radical (unpaired) electrons. The average molecular weight is 360 g/mol. The van der Waals surface area contributed by atoms with Gasteiger partial charge in [0.05, 0.1) is 23.1 Å². The molecule has 1 fully saturated rings. The summed E-state index contributed by atoms with van der Waals surface area (Å²) < 4.78 is 38.0. The molecule has 1 N–H and O–H groups in total. The van der Waals surface area contributed by atoms with Crippen LogP contribution in [0.15, 0.2) is 62.6 Å². The van der Waals surface area contributed by atoms with E-state index in [1.165, 1.54) is 22.5 Å². The van der Waals surface area contributed by atoms with Crippen molar-refractivity contribution in [3.8, 4) is 0 Å². The Balaban J connectivity index is 1.65. The fourth-order valence-electron chi connectivity index (χ4n) is 2.95. The molecule has 25 heavy (non-hydrogen) atoms. The van der Waals surface area contributed by atoms with Crippen molar-refractivity contribution in [2.24, 2.45) is 0 Å². The number of H-pyrrole nitrogens is 1. The largest absolute Gasteiger partial charge is 0.417 e. The van der Waals surface area contributed by atoms with Crippen LogP contribution in [0.3, 0.4) is 0 Å². The quantitative estimate of drug-likeness (QED) is 0.770. The first-order valence-corrected chi connectivity index (χ1v) is 9.27. The molecule has 1 atom stereocenters. The van der Waals surface area contributed by atoms with Crippen LogP contribution in [0.5, 0.6) is 0 Å². The fourth-order valence-corrected chi connectivity index (χ4v) is 4.39. The maximum atomic E-state index is 13.0. The van der Waals surface area contributed by atoms with E-state index in [9.17, 15) is 13.2 Å². The smallest absolute Gasteiger partial charge is 0.408 e. The lowest BCUT2D eigenvalue weighted by molar-refractivity contribution is -0.00255. The normalized spacial score (nSPS) is 19.3. The first-order valence-electron chi connectivity index (χ1n) is 7.83. The summed E-state index contributed by atoms with van der Waals surface area (Å²) in [6.07, 6.45) is -0.307. The average Bonchev–Trinajstić information content (AvgIpc) is 3.02. The van der Waals surface area contributed by atoms with Crippen LogP contribution in [-0.4, -0.2) is 37.4 Å². The highest BCUT2D eigenvalue weighted by Gasteiger charge is 2.31. The molecule has 0 amide bonds. The molecule has 2 aromatic carbocycles.